The quantitative estimate of drug-likeness (QED) is 0.366. The molecule has 0 spiro atoms. The van der Waals surface area contributed by atoms with E-state index in [9.17, 15) is 9.59 Å². The van der Waals surface area contributed by atoms with Crippen molar-refractivity contribution < 1.29 is 19.1 Å². The van der Waals surface area contributed by atoms with E-state index in [-0.39, 0.29) is 17.2 Å². The van der Waals surface area contributed by atoms with E-state index in [1.54, 1.807) is 37.3 Å². The van der Waals surface area contributed by atoms with E-state index in [1.807, 2.05) is 24.5 Å². The van der Waals surface area contributed by atoms with Crippen molar-refractivity contribution in [3.63, 3.8) is 0 Å². The molecule has 0 amide bonds. The zero-order valence-electron chi connectivity index (χ0n) is 16.7. The number of carbonyl (C=O) groups is 2. The summed E-state index contributed by atoms with van der Waals surface area (Å²) in [5.41, 5.74) is 2.97. The van der Waals surface area contributed by atoms with Crippen LogP contribution in [0.3, 0.4) is 0 Å². The van der Waals surface area contributed by atoms with E-state index in [2.05, 4.69) is 4.98 Å². The van der Waals surface area contributed by atoms with Gasteiger partial charge in [-0.3, -0.25) is 4.79 Å². The fourth-order valence-electron chi connectivity index (χ4n) is 3.15. The number of ether oxygens (including phenoxy) is 2. The van der Waals surface area contributed by atoms with Gasteiger partial charge in [0, 0.05) is 28.8 Å². The van der Waals surface area contributed by atoms with Crippen molar-refractivity contribution in [2.45, 2.75) is 20.8 Å². The van der Waals surface area contributed by atoms with E-state index in [0.717, 1.165) is 11.4 Å². The molecule has 8 heteroatoms. The second kappa shape index (κ2) is 9.32. The Labute approximate surface area is 184 Å². The number of nitrogens with zero attached hydrogens (tertiary/aromatic N) is 2. The standard InChI is InChI=1S/C22H20Cl2N2O4/c1-4-29-21-16(6-5-9-25-21)22(28)30-12-20(27)17-10-13(2)26(14(17)3)15-7-8-18(23)19(24)11-15/h5-11H,4,12H2,1-3H3. The highest BCUT2D eigenvalue weighted by molar-refractivity contribution is 6.42. The Hall–Kier alpha value is -2.83. The maximum atomic E-state index is 12.7. The van der Waals surface area contributed by atoms with Gasteiger partial charge < -0.3 is 14.0 Å². The molecule has 0 saturated carbocycles. The molecule has 0 fully saturated rings. The molecule has 2 heterocycles. The van der Waals surface area contributed by atoms with Crippen molar-refractivity contribution >= 4 is 35.0 Å². The molecule has 1 aromatic carbocycles. The van der Waals surface area contributed by atoms with Gasteiger partial charge >= 0.3 is 5.97 Å². The lowest BCUT2D eigenvalue weighted by Crippen LogP contribution is -2.16. The summed E-state index contributed by atoms with van der Waals surface area (Å²) in [5, 5.41) is 0.873. The van der Waals surface area contributed by atoms with Gasteiger partial charge in [0.05, 0.1) is 16.7 Å². The molecule has 0 aliphatic rings. The van der Waals surface area contributed by atoms with Gasteiger partial charge in [0.15, 0.2) is 6.61 Å². The van der Waals surface area contributed by atoms with E-state index in [0.29, 0.717) is 27.9 Å². The molecule has 0 bridgehead atoms. The van der Waals surface area contributed by atoms with Crippen LogP contribution in [0.4, 0.5) is 0 Å². The van der Waals surface area contributed by atoms with Crippen LogP contribution in [0.25, 0.3) is 5.69 Å². The van der Waals surface area contributed by atoms with Crippen LogP contribution in [0.5, 0.6) is 5.88 Å². The van der Waals surface area contributed by atoms with Gasteiger partial charge in [-0.1, -0.05) is 23.2 Å². The van der Waals surface area contributed by atoms with Gasteiger partial charge in [-0.2, -0.15) is 0 Å². The highest BCUT2D eigenvalue weighted by Crippen LogP contribution is 2.28. The zero-order chi connectivity index (χ0) is 21.8. The maximum absolute atomic E-state index is 12.7. The summed E-state index contributed by atoms with van der Waals surface area (Å²) in [6.45, 7) is 5.44. The van der Waals surface area contributed by atoms with Gasteiger partial charge in [-0.25, -0.2) is 9.78 Å². The number of rotatable bonds is 7. The van der Waals surface area contributed by atoms with Crippen LogP contribution in [0.15, 0.2) is 42.6 Å². The van der Waals surface area contributed by atoms with Crippen molar-refractivity contribution in [2.75, 3.05) is 13.2 Å². The number of benzene rings is 1. The second-order valence-electron chi connectivity index (χ2n) is 6.51. The molecule has 0 aliphatic carbocycles. The van der Waals surface area contributed by atoms with Crippen molar-refractivity contribution in [2.24, 2.45) is 0 Å². The van der Waals surface area contributed by atoms with Gasteiger partial charge in [0.2, 0.25) is 11.7 Å². The highest BCUT2D eigenvalue weighted by atomic mass is 35.5. The molecule has 0 unspecified atom stereocenters. The number of esters is 1. The first-order valence-corrected chi connectivity index (χ1v) is 10.0. The fraction of sp³-hybridized carbons (Fsp3) is 0.227. The lowest BCUT2D eigenvalue weighted by atomic mass is 10.1. The monoisotopic (exact) mass is 446 g/mol. The Bertz CT molecular complexity index is 1110. The fourth-order valence-corrected chi connectivity index (χ4v) is 3.44. The number of halogens is 2. The third-order valence-corrected chi connectivity index (χ3v) is 5.24. The number of ketones is 1. The Kier molecular flexibility index (Phi) is 6.80. The molecular formula is C22H20Cl2N2O4. The van der Waals surface area contributed by atoms with E-state index < -0.39 is 12.6 Å². The minimum atomic E-state index is -0.668. The summed E-state index contributed by atoms with van der Waals surface area (Å²) in [4.78, 5) is 29.2. The summed E-state index contributed by atoms with van der Waals surface area (Å²) in [6.07, 6.45) is 1.52. The minimum Gasteiger partial charge on any atom is -0.477 e. The Morgan fingerprint density at radius 2 is 1.83 bits per heavy atom. The third-order valence-electron chi connectivity index (χ3n) is 4.50. The summed E-state index contributed by atoms with van der Waals surface area (Å²) in [6, 6.07) is 10.2. The second-order valence-corrected chi connectivity index (χ2v) is 7.32. The molecule has 0 aliphatic heterocycles. The van der Waals surface area contributed by atoms with Crippen LogP contribution in [0.1, 0.15) is 39.0 Å². The number of hydrogen-bond donors (Lipinski definition) is 0. The first-order valence-electron chi connectivity index (χ1n) is 9.26. The number of aryl methyl sites for hydroxylation is 1. The maximum Gasteiger partial charge on any atom is 0.344 e. The highest BCUT2D eigenvalue weighted by Gasteiger charge is 2.20. The molecule has 3 aromatic rings. The molecule has 2 aromatic heterocycles. The Balaban J connectivity index is 1.78. The molecular weight excluding hydrogens is 427 g/mol. The largest absolute Gasteiger partial charge is 0.477 e. The van der Waals surface area contributed by atoms with Crippen LogP contribution in [0.2, 0.25) is 10.0 Å². The number of Topliss-reactive ketones (excluding diaryl/α,β-unsaturated/α-hetero) is 1. The van der Waals surface area contributed by atoms with Crippen molar-refractivity contribution in [1.82, 2.24) is 9.55 Å². The smallest absolute Gasteiger partial charge is 0.344 e. The molecule has 3 rings (SSSR count). The van der Waals surface area contributed by atoms with Crippen LogP contribution < -0.4 is 4.74 Å². The van der Waals surface area contributed by atoms with Gasteiger partial charge in [0.25, 0.3) is 0 Å². The topological polar surface area (TPSA) is 70.4 Å². The molecule has 0 atom stereocenters. The molecule has 0 saturated heterocycles. The SMILES string of the molecule is CCOc1ncccc1C(=O)OCC(=O)c1cc(C)n(-c2ccc(Cl)c(Cl)c2)c1C. The number of hydrogen-bond acceptors (Lipinski definition) is 5. The lowest BCUT2D eigenvalue weighted by Gasteiger charge is -2.11. The first-order chi connectivity index (χ1) is 14.3. The minimum absolute atomic E-state index is 0.174. The molecule has 6 nitrogen and oxygen atoms in total. The average Bonchev–Trinajstić information content (AvgIpc) is 3.03. The van der Waals surface area contributed by atoms with Gasteiger partial charge in [-0.15, -0.1) is 0 Å². The molecule has 30 heavy (non-hydrogen) atoms. The van der Waals surface area contributed by atoms with E-state index in [1.165, 1.54) is 6.20 Å². The Morgan fingerprint density at radius 3 is 2.53 bits per heavy atom. The summed E-state index contributed by atoms with van der Waals surface area (Å²) in [5.74, 6) is -0.807. The molecule has 0 N–H and O–H groups in total. The van der Waals surface area contributed by atoms with Crippen LogP contribution >= 0.6 is 23.2 Å². The van der Waals surface area contributed by atoms with Crippen LogP contribution in [-0.4, -0.2) is 34.5 Å². The normalized spacial score (nSPS) is 10.7. The van der Waals surface area contributed by atoms with Crippen molar-refractivity contribution in [1.29, 1.82) is 0 Å². The van der Waals surface area contributed by atoms with Crippen LogP contribution in [-0.2, 0) is 4.74 Å². The average molecular weight is 447 g/mol. The zero-order valence-corrected chi connectivity index (χ0v) is 18.3. The summed E-state index contributed by atoms with van der Waals surface area (Å²) >= 11 is 12.1. The predicted octanol–water partition coefficient (Wildman–Crippen LogP) is 5.23. The number of carbonyl (C=O) groups excluding carboxylic acids is 2. The van der Waals surface area contributed by atoms with Gasteiger partial charge in [0.1, 0.15) is 5.56 Å². The first kappa shape index (κ1) is 21.9. The summed E-state index contributed by atoms with van der Waals surface area (Å²) < 4.78 is 12.4. The Morgan fingerprint density at radius 1 is 1.07 bits per heavy atom. The third kappa shape index (κ3) is 4.50. The van der Waals surface area contributed by atoms with Crippen LogP contribution in [0, 0.1) is 13.8 Å². The summed E-state index contributed by atoms with van der Waals surface area (Å²) in [7, 11) is 0. The molecule has 156 valence electrons. The predicted molar refractivity (Wildman–Crippen MR) is 115 cm³/mol. The van der Waals surface area contributed by atoms with Crippen molar-refractivity contribution in [3.05, 3.63) is 75.2 Å². The lowest BCUT2D eigenvalue weighted by molar-refractivity contribution is 0.0470. The van der Waals surface area contributed by atoms with E-state index >= 15 is 0 Å². The number of aromatic nitrogens is 2. The van der Waals surface area contributed by atoms with E-state index in [4.69, 9.17) is 32.7 Å². The van der Waals surface area contributed by atoms with Crippen molar-refractivity contribution in [3.8, 4) is 11.6 Å². The molecule has 0 radical (unpaired) electrons. The van der Waals surface area contributed by atoms with Gasteiger partial charge in [-0.05, 0) is 57.2 Å². The number of pyridine rings is 1.